The molecule has 1 aliphatic heterocycles. The van der Waals surface area contributed by atoms with Gasteiger partial charge in [-0.2, -0.15) is 0 Å². The van der Waals surface area contributed by atoms with Crippen molar-refractivity contribution in [1.29, 1.82) is 0 Å². The van der Waals surface area contributed by atoms with E-state index < -0.39 is 17.9 Å². The first-order valence-corrected chi connectivity index (χ1v) is 10.7. The number of esters is 1. The Bertz CT molecular complexity index is 991. The number of ether oxygens (including phenoxy) is 3. The van der Waals surface area contributed by atoms with Crippen molar-refractivity contribution in [3.8, 4) is 11.5 Å². The molecule has 1 N–H and O–H groups in total. The minimum atomic E-state index is -0.969. The molecule has 2 amide bonds. The molecule has 8 heteroatoms. The quantitative estimate of drug-likeness (QED) is 0.338. The molecule has 0 saturated carbocycles. The molecule has 2 aromatic carbocycles. The molecule has 3 rings (SSSR count). The second-order valence-corrected chi connectivity index (χ2v) is 7.63. The molecule has 1 aliphatic rings. The van der Waals surface area contributed by atoms with E-state index in [4.69, 9.17) is 14.2 Å². The molecule has 0 aliphatic carbocycles. The zero-order valence-electron chi connectivity index (χ0n) is 18.6. The van der Waals surface area contributed by atoms with Gasteiger partial charge in [0.1, 0.15) is 37.4 Å². The van der Waals surface area contributed by atoms with E-state index >= 15 is 0 Å². The molecule has 0 spiro atoms. The van der Waals surface area contributed by atoms with Gasteiger partial charge in [-0.1, -0.05) is 36.9 Å². The number of carbonyl (C=O) groups is 3. The summed E-state index contributed by atoms with van der Waals surface area (Å²) in [6, 6.07) is 15.0. The van der Waals surface area contributed by atoms with Gasteiger partial charge in [0.15, 0.2) is 0 Å². The van der Waals surface area contributed by atoms with Crippen LogP contribution in [0.3, 0.4) is 0 Å². The fraction of sp³-hybridized carbons (Fsp3) is 0.320. The molecule has 0 bridgehead atoms. The largest absolute Gasteiger partial charge is 0.490 e. The smallest absolute Gasteiger partial charge is 0.308 e. The maximum absolute atomic E-state index is 13.3. The van der Waals surface area contributed by atoms with Crippen LogP contribution >= 0.6 is 0 Å². The van der Waals surface area contributed by atoms with Crippen molar-refractivity contribution >= 4 is 17.8 Å². The summed E-state index contributed by atoms with van der Waals surface area (Å²) in [5.74, 6) is -0.293. The summed E-state index contributed by atoms with van der Waals surface area (Å²) >= 11 is 0. The standard InChI is InChI=1S/C25H28N2O6/c1-18(2)17-33-22-11-7-6-10-20(22)25(30)27-13-12-26-24(29)21(27)16-23(28)32-15-14-31-19-8-4-3-5-9-19/h3-11,21H,1,12-17H2,2H3,(H,26,29). The molecule has 8 nitrogen and oxygen atoms in total. The van der Waals surface area contributed by atoms with Gasteiger partial charge in [0, 0.05) is 13.1 Å². The number of nitrogens with one attached hydrogen (secondary N) is 1. The summed E-state index contributed by atoms with van der Waals surface area (Å²) in [6.45, 7) is 6.69. The fourth-order valence-corrected chi connectivity index (χ4v) is 3.33. The van der Waals surface area contributed by atoms with E-state index in [1.54, 1.807) is 36.4 Å². The first-order chi connectivity index (χ1) is 16.0. The topological polar surface area (TPSA) is 94.2 Å². The van der Waals surface area contributed by atoms with E-state index in [1.807, 2.05) is 25.1 Å². The Kier molecular flexibility index (Phi) is 8.46. The van der Waals surface area contributed by atoms with Gasteiger partial charge in [0.25, 0.3) is 5.91 Å². The van der Waals surface area contributed by atoms with Crippen molar-refractivity contribution in [2.75, 3.05) is 32.9 Å². The van der Waals surface area contributed by atoms with Gasteiger partial charge in [-0.05, 0) is 36.8 Å². The number of hydrogen-bond donors (Lipinski definition) is 1. The number of rotatable bonds is 10. The summed E-state index contributed by atoms with van der Waals surface area (Å²) in [5.41, 5.74) is 1.13. The van der Waals surface area contributed by atoms with Gasteiger partial charge < -0.3 is 24.4 Å². The SMILES string of the molecule is C=C(C)COc1ccccc1C(=O)N1CCNC(=O)C1CC(=O)OCCOc1ccccc1. The Labute approximate surface area is 193 Å². The first kappa shape index (κ1) is 23.8. The zero-order chi connectivity index (χ0) is 23.6. The highest BCUT2D eigenvalue weighted by atomic mass is 16.6. The molecule has 174 valence electrons. The van der Waals surface area contributed by atoms with E-state index in [1.165, 1.54) is 4.90 Å². The van der Waals surface area contributed by atoms with Gasteiger partial charge in [-0.15, -0.1) is 0 Å². The van der Waals surface area contributed by atoms with E-state index in [9.17, 15) is 14.4 Å². The lowest BCUT2D eigenvalue weighted by Gasteiger charge is -2.34. The summed E-state index contributed by atoms with van der Waals surface area (Å²) in [7, 11) is 0. The van der Waals surface area contributed by atoms with Crippen LogP contribution < -0.4 is 14.8 Å². The summed E-state index contributed by atoms with van der Waals surface area (Å²) < 4.78 is 16.4. The van der Waals surface area contributed by atoms with Crippen LogP contribution in [-0.2, 0) is 14.3 Å². The third-order valence-electron chi connectivity index (χ3n) is 4.90. The van der Waals surface area contributed by atoms with Gasteiger partial charge in [-0.3, -0.25) is 14.4 Å². The minimum absolute atomic E-state index is 0.0353. The van der Waals surface area contributed by atoms with Crippen LogP contribution in [0.25, 0.3) is 0 Å². The molecule has 33 heavy (non-hydrogen) atoms. The van der Waals surface area contributed by atoms with Crippen LogP contribution in [0.15, 0.2) is 66.7 Å². The van der Waals surface area contributed by atoms with Crippen LogP contribution in [0.5, 0.6) is 11.5 Å². The molecule has 1 atom stereocenters. The molecule has 1 heterocycles. The number of para-hydroxylation sites is 2. The molecular weight excluding hydrogens is 424 g/mol. The lowest BCUT2D eigenvalue weighted by Crippen LogP contribution is -2.57. The van der Waals surface area contributed by atoms with Crippen molar-refractivity contribution in [2.24, 2.45) is 0 Å². The predicted molar refractivity (Wildman–Crippen MR) is 122 cm³/mol. The third-order valence-corrected chi connectivity index (χ3v) is 4.90. The van der Waals surface area contributed by atoms with Gasteiger partial charge in [0.05, 0.1) is 12.0 Å². The third kappa shape index (κ3) is 6.83. The Balaban J connectivity index is 1.61. The van der Waals surface area contributed by atoms with Crippen molar-refractivity contribution in [3.05, 3.63) is 72.3 Å². The van der Waals surface area contributed by atoms with Crippen LogP contribution in [0.2, 0.25) is 0 Å². The van der Waals surface area contributed by atoms with E-state index in [-0.39, 0.29) is 38.7 Å². The monoisotopic (exact) mass is 452 g/mol. The highest BCUT2D eigenvalue weighted by Crippen LogP contribution is 2.23. The van der Waals surface area contributed by atoms with Crippen LogP contribution in [0, 0.1) is 0 Å². The molecule has 2 aromatic rings. The Morgan fingerprint density at radius 1 is 1.06 bits per heavy atom. The minimum Gasteiger partial charge on any atom is -0.490 e. The fourth-order valence-electron chi connectivity index (χ4n) is 3.33. The maximum atomic E-state index is 13.3. The van der Waals surface area contributed by atoms with E-state index in [0.29, 0.717) is 23.6 Å². The zero-order valence-corrected chi connectivity index (χ0v) is 18.6. The number of nitrogens with zero attached hydrogens (tertiary/aromatic N) is 1. The van der Waals surface area contributed by atoms with Crippen molar-refractivity contribution in [1.82, 2.24) is 10.2 Å². The van der Waals surface area contributed by atoms with Gasteiger partial charge in [-0.25, -0.2) is 0 Å². The highest BCUT2D eigenvalue weighted by molar-refractivity contribution is 6.01. The number of amides is 2. The van der Waals surface area contributed by atoms with E-state index in [2.05, 4.69) is 11.9 Å². The highest BCUT2D eigenvalue weighted by Gasteiger charge is 2.36. The first-order valence-electron chi connectivity index (χ1n) is 10.7. The number of hydrogen-bond acceptors (Lipinski definition) is 6. The molecule has 0 radical (unpaired) electrons. The summed E-state index contributed by atoms with van der Waals surface area (Å²) in [4.78, 5) is 39.6. The van der Waals surface area contributed by atoms with Crippen molar-refractivity contribution in [3.63, 3.8) is 0 Å². The van der Waals surface area contributed by atoms with Crippen molar-refractivity contribution in [2.45, 2.75) is 19.4 Å². The average molecular weight is 453 g/mol. The van der Waals surface area contributed by atoms with Crippen LogP contribution in [0.4, 0.5) is 0 Å². The van der Waals surface area contributed by atoms with Gasteiger partial charge >= 0.3 is 5.97 Å². The lowest BCUT2D eigenvalue weighted by atomic mass is 10.1. The summed E-state index contributed by atoms with van der Waals surface area (Å²) in [5, 5.41) is 2.71. The Morgan fingerprint density at radius 2 is 1.79 bits per heavy atom. The lowest BCUT2D eigenvalue weighted by molar-refractivity contribution is -0.148. The molecule has 1 unspecified atom stereocenters. The average Bonchev–Trinajstić information content (AvgIpc) is 2.82. The number of carbonyl (C=O) groups excluding carboxylic acids is 3. The Morgan fingerprint density at radius 3 is 2.55 bits per heavy atom. The molecule has 1 fully saturated rings. The molecule has 1 saturated heterocycles. The normalized spacial score (nSPS) is 15.4. The van der Waals surface area contributed by atoms with Crippen molar-refractivity contribution < 1.29 is 28.6 Å². The van der Waals surface area contributed by atoms with Gasteiger partial charge in [0.2, 0.25) is 5.91 Å². The predicted octanol–water partition coefficient (Wildman–Crippen LogP) is 2.59. The Hall–Kier alpha value is -3.81. The number of benzene rings is 2. The molecule has 0 aromatic heterocycles. The maximum Gasteiger partial charge on any atom is 0.308 e. The summed E-state index contributed by atoms with van der Waals surface area (Å²) in [6.07, 6.45) is -0.252. The van der Waals surface area contributed by atoms with E-state index in [0.717, 1.165) is 5.57 Å². The second kappa shape index (κ2) is 11.7. The van der Waals surface area contributed by atoms with Crippen LogP contribution in [-0.4, -0.2) is 61.6 Å². The van der Waals surface area contributed by atoms with Crippen LogP contribution in [0.1, 0.15) is 23.7 Å². The second-order valence-electron chi connectivity index (χ2n) is 7.63. The number of piperazine rings is 1. The molecular formula is C25H28N2O6.